The molecule has 0 radical (unpaired) electrons. The van der Waals surface area contributed by atoms with Gasteiger partial charge >= 0.3 is 12.1 Å². The highest BCUT2D eigenvalue weighted by atomic mass is 19.1. The fourth-order valence-corrected chi connectivity index (χ4v) is 3.04. The van der Waals surface area contributed by atoms with Crippen LogP contribution in [-0.2, 0) is 0 Å². The highest BCUT2D eigenvalue weighted by molar-refractivity contribution is 6.01. The smallest absolute Gasteiger partial charge is 0.326 e. The van der Waals surface area contributed by atoms with Crippen LogP contribution in [0.15, 0.2) is 72.8 Å². The maximum absolute atomic E-state index is 13.4. The second kappa shape index (κ2) is 10.2. The topological polar surface area (TPSA) is 73.5 Å². The van der Waals surface area contributed by atoms with Gasteiger partial charge in [-0.15, -0.1) is 0 Å². The van der Waals surface area contributed by atoms with Gasteiger partial charge in [-0.2, -0.15) is 0 Å². The molecule has 0 spiro atoms. The summed E-state index contributed by atoms with van der Waals surface area (Å²) in [6, 6.07) is 19.8. The van der Waals surface area contributed by atoms with Crippen LogP contribution in [0, 0.1) is 19.7 Å². The van der Waals surface area contributed by atoms with E-state index in [1.165, 1.54) is 29.2 Å². The molecule has 0 saturated heterocycles. The normalized spacial score (nSPS) is 10.3. The minimum absolute atomic E-state index is 0.199. The predicted molar refractivity (Wildman–Crippen MR) is 122 cm³/mol. The Balaban J connectivity index is 1.65. The van der Waals surface area contributed by atoms with Crippen molar-refractivity contribution in [1.29, 1.82) is 0 Å². The van der Waals surface area contributed by atoms with Crippen LogP contribution in [0.25, 0.3) is 0 Å². The first-order valence-corrected chi connectivity index (χ1v) is 9.93. The van der Waals surface area contributed by atoms with Gasteiger partial charge in [-0.3, -0.25) is 4.90 Å². The van der Waals surface area contributed by atoms with E-state index in [-0.39, 0.29) is 25.2 Å². The van der Waals surface area contributed by atoms with Gasteiger partial charge in [0.1, 0.15) is 5.82 Å². The summed E-state index contributed by atoms with van der Waals surface area (Å²) in [7, 11) is 0. The number of carbonyl (C=O) groups excluding carboxylic acids is 2. The standard InChI is InChI=1S/C24H25FN4O2/c1-17-6-5-8-20(16-17)27-24(31)29(21-12-10-19(25)11-13-21)15-14-26-23(30)28-22-9-4-3-7-18(22)2/h3-13,16H,14-15H2,1-2H3,(H,27,31)(H2,26,28,30). The number of nitrogens with one attached hydrogen (secondary N) is 3. The van der Waals surface area contributed by atoms with Crippen LogP contribution >= 0.6 is 0 Å². The van der Waals surface area contributed by atoms with Crippen LogP contribution in [0.3, 0.4) is 0 Å². The SMILES string of the molecule is Cc1cccc(NC(=O)N(CCNC(=O)Nc2ccccc2C)c2ccc(F)cc2)c1. The van der Waals surface area contributed by atoms with Crippen molar-refractivity contribution in [2.75, 3.05) is 28.6 Å². The van der Waals surface area contributed by atoms with E-state index < -0.39 is 5.82 Å². The van der Waals surface area contributed by atoms with E-state index in [2.05, 4.69) is 16.0 Å². The van der Waals surface area contributed by atoms with E-state index in [1.54, 1.807) is 6.07 Å². The van der Waals surface area contributed by atoms with E-state index >= 15 is 0 Å². The van der Waals surface area contributed by atoms with Crippen LogP contribution in [0.4, 0.5) is 31.0 Å². The number of aryl methyl sites for hydroxylation is 2. The quantitative estimate of drug-likeness (QED) is 0.506. The molecular weight excluding hydrogens is 395 g/mol. The van der Waals surface area contributed by atoms with Gasteiger partial charge in [-0.1, -0.05) is 30.3 Å². The highest BCUT2D eigenvalue weighted by Crippen LogP contribution is 2.18. The Hall–Kier alpha value is -3.87. The van der Waals surface area contributed by atoms with Crippen LogP contribution in [0.5, 0.6) is 0 Å². The molecule has 0 bridgehead atoms. The van der Waals surface area contributed by atoms with Crippen molar-refractivity contribution in [3.63, 3.8) is 0 Å². The molecule has 0 atom stereocenters. The first-order valence-electron chi connectivity index (χ1n) is 9.93. The molecular formula is C24H25FN4O2. The largest absolute Gasteiger partial charge is 0.336 e. The Bertz CT molecular complexity index is 1050. The fourth-order valence-electron chi connectivity index (χ4n) is 3.04. The number of nitrogens with zero attached hydrogens (tertiary/aromatic N) is 1. The lowest BCUT2D eigenvalue weighted by Crippen LogP contribution is -2.42. The minimum Gasteiger partial charge on any atom is -0.336 e. The number of amides is 4. The molecule has 0 heterocycles. The van der Waals surface area contributed by atoms with E-state index in [1.807, 2.05) is 56.3 Å². The molecule has 0 unspecified atom stereocenters. The molecule has 3 rings (SSSR count). The monoisotopic (exact) mass is 420 g/mol. The molecule has 160 valence electrons. The average Bonchev–Trinajstić information content (AvgIpc) is 2.74. The lowest BCUT2D eigenvalue weighted by Gasteiger charge is -2.23. The molecule has 7 heteroatoms. The maximum atomic E-state index is 13.4. The van der Waals surface area contributed by atoms with Gasteiger partial charge in [-0.25, -0.2) is 14.0 Å². The zero-order valence-electron chi connectivity index (χ0n) is 17.5. The van der Waals surface area contributed by atoms with Crippen molar-refractivity contribution in [3.05, 3.63) is 89.7 Å². The van der Waals surface area contributed by atoms with Gasteiger partial charge in [0, 0.05) is 30.2 Å². The number of carbonyl (C=O) groups is 2. The van der Waals surface area contributed by atoms with Gasteiger partial charge in [0.15, 0.2) is 0 Å². The molecule has 0 aromatic heterocycles. The van der Waals surface area contributed by atoms with Gasteiger partial charge in [-0.05, 0) is 67.4 Å². The van der Waals surface area contributed by atoms with Gasteiger partial charge in [0.05, 0.1) is 0 Å². The van der Waals surface area contributed by atoms with E-state index in [9.17, 15) is 14.0 Å². The van der Waals surface area contributed by atoms with E-state index in [4.69, 9.17) is 0 Å². The molecule has 0 saturated carbocycles. The molecule has 6 nitrogen and oxygen atoms in total. The average molecular weight is 420 g/mol. The second-order valence-electron chi connectivity index (χ2n) is 7.12. The van der Waals surface area contributed by atoms with Crippen molar-refractivity contribution in [2.24, 2.45) is 0 Å². The fraction of sp³-hybridized carbons (Fsp3) is 0.167. The molecule has 3 N–H and O–H groups in total. The summed E-state index contributed by atoms with van der Waals surface area (Å²) >= 11 is 0. The lowest BCUT2D eigenvalue weighted by molar-refractivity contribution is 0.250. The summed E-state index contributed by atoms with van der Waals surface area (Å²) in [6.45, 7) is 4.24. The Labute approximate surface area is 181 Å². The number of rotatable bonds is 6. The summed E-state index contributed by atoms with van der Waals surface area (Å²) in [6.07, 6.45) is 0. The molecule has 0 fully saturated rings. The maximum Gasteiger partial charge on any atom is 0.326 e. The third kappa shape index (κ3) is 6.30. The number of para-hydroxylation sites is 1. The number of anilines is 3. The van der Waals surface area contributed by atoms with Crippen LogP contribution in [0.1, 0.15) is 11.1 Å². The van der Waals surface area contributed by atoms with E-state index in [0.717, 1.165) is 11.1 Å². The zero-order chi connectivity index (χ0) is 22.2. The number of urea groups is 2. The first kappa shape index (κ1) is 21.8. The lowest BCUT2D eigenvalue weighted by atomic mass is 10.2. The molecule has 0 aliphatic heterocycles. The summed E-state index contributed by atoms with van der Waals surface area (Å²) in [5.74, 6) is -0.390. The summed E-state index contributed by atoms with van der Waals surface area (Å²) < 4.78 is 13.4. The molecule has 3 aromatic rings. The third-order valence-corrected chi connectivity index (χ3v) is 4.67. The summed E-state index contributed by atoms with van der Waals surface area (Å²) in [4.78, 5) is 26.6. The highest BCUT2D eigenvalue weighted by Gasteiger charge is 2.16. The van der Waals surface area contributed by atoms with Crippen molar-refractivity contribution >= 4 is 29.1 Å². The van der Waals surface area contributed by atoms with E-state index in [0.29, 0.717) is 17.1 Å². The Morgan fingerprint density at radius 1 is 0.903 bits per heavy atom. The first-order chi connectivity index (χ1) is 14.9. The van der Waals surface area contributed by atoms with Crippen molar-refractivity contribution in [3.8, 4) is 0 Å². The molecule has 0 aliphatic carbocycles. The van der Waals surface area contributed by atoms with Crippen LogP contribution in [0.2, 0.25) is 0 Å². The van der Waals surface area contributed by atoms with Crippen LogP contribution in [-0.4, -0.2) is 25.2 Å². The Kier molecular flexibility index (Phi) is 7.22. The Morgan fingerprint density at radius 3 is 2.35 bits per heavy atom. The molecule has 31 heavy (non-hydrogen) atoms. The second-order valence-corrected chi connectivity index (χ2v) is 7.12. The van der Waals surface area contributed by atoms with Gasteiger partial charge in [0.25, 0.3) is 0 Å². The molecule has 0 aliphatic rings. The van der Waals surface area contributed by atoms with Gasteiger partial charge < -0.3 is 16.0 Å². The predicted octanol–water partition coefficient (Wildman–Crippen LogP) is 5.30. The number of halogens is 1. The Morgan fingerprint density at radius 2 is 1.65 bits per heavy atom. The van der Waals surface area contributed by atoms with Crippen LogP contribution < -0.4 is 20.9 Å². The van der Waals surface area contributed by atoms with Gasteiger partial charge in [0.2, 0.25) is 0 Å². The van der Waals surface area contributed by atoms with Crippen molar-refractivity contribution in [1.82, 2.24) is 5.32 Å². The molecule has 3 aromatic carbocycles. The minimum atomic E-state index is -0.390. The number of benzene rings is 3. The zero-order valence-corrected chi connectivity index (χ0v) is 17.5. The number of hydrogen-bond acceptors (Lipinski definition) is 2. The van der Waals surface area contributed by atoms with Crippen molar-refractivity contribution < 1.29 is 14.0 Å². The summed E-state index contributed by atoms with van der Waals surface area (Å²) in [5.41, 5.74) is 3.85. The molecule has 4 amide bonds. The number of hydrogen-bond donors (Lipinski definition) is 3. The summed E-state index contributed by atoms with van der Waals surface area (Å²) in [5, 5.41) is 8.39. The third-order valence-electron chi connectivity index (χ3n) is 4.67. The van der Waals surface area contributed by atoms with Crippen molar-refractivity contribution in [2.45, 2.75) is 13.8 Å².